The van der Waals surface area contributed by atoms with Gasteiger partial charge in [-0.05, 0) is 71.6 Å². The number of methoxy groups -OCH3 is 1. The van der Waals surface area contributed by atoms with Crippen LogP contribution < -0.4 is 9.64 Å². The lowest BCUT2D eigenvalue weighted by molar-refractivity contribution is 0.411. The van der Waals surface area contributed by atoms with Gasteiger partial charge in [-0.25, -0.2) is 4.98 Å². The number of anilines is 2. The van der Waals surface area contributed by atoms with Crippen molar-refractivity contribution < 1.29 is 4.74 Å². The zero-order chi connectivity index (χ0) is 14.9. The molecule has 1 heterocycles. The second-order valence-electron chi connectivity index (χ2n) is 4.89. The van der Waals surface area contributed by atoms with Crippen molar-refractivity contribution in [2.75, 3.05) is 19.1 Å². The summed E-state index contributed by atoms with van der Waals surface area (Å²) in [6, 6.07) is 6.08. The SMILES string of the molecule is COc1cc(C)c(N(C)c2ccc(Br)cn2)c(C)c1C. The summed E-state index contributed by atoms with van der Waals surface area (Å²) in [5, 5.41) is 0. The minimum absolute atomic E-state index is 0.920. The van der Waals surface area contributed by atoms with E-state index < -0.39 is 0 Å². The van der Waals surface area contributed by atoms with E-state index in [1.165, 1.54) is 16.8 Å². The summed E-state index contributed by atoms with van der Waals surface area (Å²) >= 11 is 3.41. The molecule has 0 spiro atoms. The van der Waals surface area contributed by atoms with Crippen LogP contribution in [-0.2, 0) is 0 Å². The number of hydrogen-bond acceptors (Lipinski definition) is 3. The summed E-state index contributed by atoms with van der Waals surface area (Å²) < 4.78 is 6.40. The monoisotopic (exact) mass is 334 g/mol. The highest BCUT2D eigenvalue weighted by Gasteiger charge is 2.15. The molecule has 2 aromatic rings. The summed E-state index contributed by atoms with van der Waals surface area (Å²) in [7, 11) is 3.75. The maximum Gasteiger partial charge on any atom is 0.132 e. The molecular weight excluding hydrogens is 316 g/mol. The molecule has 0 N–H and O–H groups in total. The maximum absolute atomic E-state index is 5.42. The highest BCUT2D eigenvalue weighted by atomic mass is 79.9. The molecule has 0 amide bonds. The third kappa shape index (κ3) is 2.66. The Morgan fingerprint density at radius 2 is 1.85 bits per heavy atom. The van der Waals surface area contributed by atoms with Crippen LogP contribution in [0.1, 0.15) is 16.7 Å². The van der Waals surface area contributed by atoms with E-state index in [0.29, 0.717) is 0 Å². The Morgan fingerprint density at radius 3 is 2.40 bits per heavy atom. The molecule has 0 aliphatic carbocycles. The summed E-state index contributed by atoms with van der Waals surface area (Å²) in [4.78, 5) is 6.57. The van der Waals surface area contributed by atoms with Crippen molar-refractivity contribution in [1.29, 1.82) is 0 Å². The first-order valence-corrected chi connectivity index (χ1v) is 7.25. The number of hydrogen-bond donors (Lipinski definition) is 0. The predicted molar refractivity (Wildman–Crippen MR) is 87.2 cm³/mol. The van der Waals surface area contributed by atoms with Gasteiger partial charge < -0.3 is 9.64 Å². The third-order valence-electron chi connectivity index (χ3n) is 3.62. The molecule has 3 nitrogen and oxygen atoms in total. The molecule has 2 rings (SSSR count). The van der Waals surface area contributed by atoms with Crippen molar-refractivity contribution >= 4 is 27.4 Å². The van der Waals surface area contributed by atoms with Crippen LogP contribution in [0.25, 0.3) is 0 Å². The molecule has 4 heteroatoms. The Morgan fingerprint density at radius 1 is 1.15 bits per heavy atom. The van der Waals surface area contributed by atoms with Crippen LogP contribution in [0, 0.1) is 20.8 Å². The van der Waals surface area contributed by atoms with E-state index in [0.717, 1.165) is 21.6 Å². The van der Waals surface area contributed by atoms with E-state index in [2.05, 4.69) is 52.7 Å². The first kappa shape index (κ1) is 14.9. The van der Waals surface area contributed by atoms with Gasteiger partial charge in [0.25, 0.3) is 0 Å². The van der Waals surface area contributed by atoms with Crippen LogP contribution in [0.15, 0.2) is 28.9 Å². The van der Waals surface area contributed by atoms with Crippen molar-refractivity contribution in [3.63, 3.8) is 0 Å². The lowest BCUT2D eigenvalue weighted by atomic mass is 10.0. The highest BCUT2D eigenvalue weighted by molar-refractivity contribution is 9.10. The molecular formula is C16H19BrN2O. The molecule has 0 unspecified atom stereocenters. The molecule has 0 aliphatic rings. The molecule has 0 saturated carbocycles. The van der Waals surface area contributed by atoms with Gasteiger partial charge in [-0.2, -0.15) is 0 Å². The van der Waals surface area contributed by atoms with Gasteiger partial charge in [0.15, 0.2) is 0 Å². The number of halogens is 1. The van der Waals surface area contributed by atoms with Gasteiger partial charge >= 0.3 is 0 Å². The average molecular weight is 335 g/mol. The summed E-state index contributed by atoms with van der Waals surface area (Å²) in [6.45, 7) is 6.30. The zero-order valence-corrected chi connectivity index (χ0v) is 14.1. The van der Waals surface area contributed by atoms with Crippen molar-refractivity contribution in [3.05, 3.63) is 45.6 Å². The number of aromatic nitrogens is 1. The first-order chi connectivity index (χ1) is 9.45. The van der Waals surface area contributed by atoms with Crippen molar-refractivity contribution in [2.45, 2.75) is 20.8 Å². The van der Waals surface area contributed by atoms with Crippen LogP contribution in [-0.4, -0.2) is 19.1 Å². The Labute approximate surface area is 128 Å². The molecule has 0 saturated heterocycles. The predicted octanol–water partition coefficient (Wildman–Crippen LogP) is 4.55. The van der Waals surface area contributed by atoms with Crippen LogP contribution in [0.5, 0.6) is 5.75 Å². The molecule has 0 bridgehead atoms. The molecule has 1 aromatic carbocycles. The van der Waals surface area contributed by atoms with Crippen LogP contribution in [0.4, 0.5) is 11.5 Å². The van der Waals surface area contributed by atoms with Gasteiger partial charge in [-0.3, -0.25) is 0 Å². The quantitative estimate of drug-likeness (QED) is 0.823. The summed E-state index contributed by atoms with van der Waals surface area (Å²) in [6.07, 6.45) is 1.81. The number of nitrogens with zero attached hydrogens (tertiary/aromatic N) is 2. The molecule has 0 fully saturated rings. The Hall–Kier alpha value is -1.55. The number of aryl methyl sites for hydroxylation is 1. The van der Waals surface area contributed by atoms with Crippen molar-refractivity contribution in [2.24, 2.45) is 0 Å². The maximum atomic E-state index is 5.42. The first-order valence-electron chi connectivity index (χ1n) is 6.45. The van der Waals surface area contributed by atoms with E-state index in [9.17, 15) is 0 Å². The average Bonchev–Trinajstić information content (AvgIpc) is 2.43. The minimum Gasteiger partial charge on any atom is -0.496 e. The standard InChI is InChI=1S/C16H19BrN2O/c1-10-8-14(20-5)11(2)12(3)16(10)19(4)15-7-6-13(17)9-18-15/h6-9H,1-5H3. The fourth-order valence-corrected chi connectivity index (χ4v) is 2.68. The lowest BCUT2D eigenvalue weighted by Crippen LogP contribution is -2.14. The van der Waals surface area contributed by atoms with Gasteiger partial charge in [-0.1, -0.05) is 0 Å². The molecule has 0 radical (unpaired) electrons. The van der Waals surface area contributed by atoms with Gasteiger partial charge in [0.1, 0.15) is 11.6 Å². The van der Waals surface area contributed by atoms with E-state index >= 15 is 0 Å². The molecule has 0 aliphatic heterocycles. The van der Waals surface area contributed by atoms with Crippen molar-refractivity contribution in [1.82, 2.24) is 4.98 Å². The largest absolute Gasteiger partial charge is 0.496 e. The van der Waals surface area contributed by atoms with E-state index in [4.69, 9.17) is 4.74 Å². The molecule has 1 aromatic heterocycles. The van der Waals surface area contributed by atoms with Gasteiger partial charge in [0.05, 0.1) is 7.11 Å². The molecule has 20 heavy (non-hydrogen) atoms. The van der Waals surface area contributed by atoms with Crippen LogP contribution >= 0.6 is 15.9 Å². The second kappa shape index (κ2) is 5.83. The lowest BCUT2D eigenvalue weighted by Gasteiger charge is -2.25. The second-order valence-corrected chi connectivity index (χ2v) is 5.80. The Kier molecular flexibility index (Phi) is 4.33. The molecule has 0 atom stereocenters. The minimum atomic E-state index is 0.920. The normalized spacial score (nSPS) is 10.5. The van der Waals surface area contributed by atoms with Crippen molar-refractivity contribution in [3.8, 4) is 5.75 Å². The fourth-order valence-electron chi connectivity index (χ4n) is 2.44. The van der Waals surface area contributed by atoms with Crippen LogP contribution in [0.3, 0.4) is 0 Å². The van der Waals surface area contributed by atoms with Gasteiger partial charge in [-0.15, -0.1) is 0 Å². The number of rotatable bonds is 3. The van der Waals surface area contributed by atoms with E-state index in [1.807, 2.05) is 25.4 Å². The smallest absolute Gasteiger partial charge is 0.132 e. The Bertz CT molecular complexity index is 623. The third-order valence-corrected chi connectivity index (χ3v) is 4.09. The number of benzene rings is 1. The van der Waals surface area contributed by atoms with Crippen LogP contribution in [0.2, 0.25) is 0 Å². The van der Waals surface area contributed by atoms with Gasteiger partial charge in [0.2, 0.25) is 0 Å². The summed E-state index contributed by atoms with van der Waals surface area (Å²) in [5.41, 5.74) is 4.74. The van der Waals surface area contributed by atoms with E-state index in [1.54, 1.807) is 7.11 Å². The number of ether oxygens (including phenoxy) is 1. The zero-order valence-electron chi connectivity index (χ0n) is 12.5. The Balaban J connectivity index is 2.52. The summed E-state index contributed by atoms with van der Waals surface area (Å²) in [5.74, 6) is 1.85. The fraction of sp³-hybridized carbons (Fsp3) is 0.312. The topological polar surface area (TPSA) is 25.4 Å². The van der Waals surface area contributed by atoms with E-state index in [-0.39, 0.29) is 0 Å². The molecule has 106 valence electrons. The highest BCUT2D eigenvalue weighted by Crippen LogP contribution is 2.35. The van der Waals surface area contributed by atoms with Gasteiger partial charge in [0, 0.05) is 23.4 Å². The number of pyridine rings is 1.